The van der Waals surface area contributed by atoms with E-state index in [1.165, 1.54) is 11.3 Å². The third-order valence-corrected chi connectivity index (χ3v) is 6.67. The molecular formula is C21H24N6OS2. The molecule has 4 rings (SSSR count). The van der Waals surface area contributed by atoms with Crippen molar-refractivity contribution in [3.63, 3.8) is 0 Å². The van der Waals surface area contributed by atoms with Gasteiger partial charge in [0.15, 0.2) is 5.13 Å². The standard InChI is InChI=1S/C21H24N6OS2/c1-3-14(12-28)8-9-22-18-17(19-25-15-6-4-5-7-16(15)30-19)13(2)24-20(26-18)27-21-23-10-11-29-21/h4-7,10-11,14,28H,3,8-9,12H2,1-2H3,(H2,22,23,24,26,27). The van der Waals surface area contributed by atoms with Gasteiger partial charge in [-0.2, -0.15) is 4.98 Å². The quantitative estimate of drug-likeness (QED) is 0.334. The number of rotatable bonds is 9. The largest absolute Gasteiger partial charge is 0.396 e. The van der Waals surface area contributed by atoms with Gasteiger partial charge < -0.3 is 10.4 Å². The van der Waals surface area contributed by atoms with Gasteiger partial charge in [0.05, 0.1) is 21.5 Å². The van der Waals surface area contributed by atoms with Gasteiger partial charge in [0.1, 0.15) is 10.8 Å². The second kappa shape index (κ2) is 9.46. The van der Waals surface area contributed by atoms with Gasteiger partial charge in [-0.25, -0.2) is 15.0 Å². The first-order valence-corrected chi connectivity index (χ1v) is 11.6. The van der Waals surface area contributed by atoms with E-state index in [1.807, 2.05) is 30.5 Å². The Morgan fingerprint density at radius 1 is 1.17 bits per heavy atom. The van der Waals surface area contributed by atoms with E-state index in [1.54, 1.807) is 17.5 Å². The first-order valence-electron chi connectivity index (χ1n) is 9.93. The number of fused-ring (bicyclic) bond motifs is 1. The van der Waals surface area contributed by atoms with Gasteiger partial charge in [-0.05, 0) is 31.4 Å². The summed E-state index contributed by atoms with van der Waals surface area (Å²) in [5.74, 6) is 1.52. The lowest BCUT2D eigenvalue weighted by molar-refractivity contribution is 0.217. The van der Waals surface area contributed by atoms with Crippen LogP contribution in [-0.4, -0.2) is 38.2 Å². The topological polar surface area (TPSA) is 95.8 Å². The lowest BCUT2D eigenvalue weighted by Crippen LogP contribution is -2.14. The molecule has 3 N–H and O–H groups in total. The maximum atomic E-state index is 9.49. The highest BCUT2D eigenvalue weighted by Gasteiger charge is 2.18. The summed E-state index contributed by atoms with van der Waals surface area (Å²) in [5.41, 5.74) is 2.73. The van der Waals surface area contributed by atoms with Crippen LogP contribution in [-0.2, 0) is 0 Å². The first-order chi connectivity index (χ1) is 14.7. The van der Waals surface area contributed by atoms with Crippen LogP contribution in [0.15, 0.2) is 35.8 Å². The molecule has 3 aromatic heterocycles. The minimum atomic E-state index is 0.197. The van der Waals surface area contributed by atoms with Crippen LogP contribution in [0.3, 0.4) is 0 Å². The van der Waals surface area contributed by atoms with Crippen LogP contribution >= 0.6 is 22.7 Å². The number of aryl methyl sites for hydroxylation is 1. The van der Waals surface area contributed by atoms with Crippen molar-refractivity contribution in [3.8, 4) is 10.6 Å². The van der Waals surface area contributed by atoms with Crippen LogP contribution in [0, 0.1) is 12.8 Å². The Balaban J connectivity index is 1.69. The SMILES string of the molecule is CCC(CO)CCNc1nc(Nc2nccs2)nc(C)c1-c1nc2ccccc2s1. The van der Waals surface area contributed by atoms with Crippen LogP contribution in [0.4, 0.5) is 16.9 Å². The summed E-state index contributed by atoms with van der Waals surface area (Å²) >= 11 is 3.14. The fraction of sp³-hybridized carbons (Fsp3) is 0.333. The highest BCUT2D eigenvalue weighted by Crippen LogP contribution is 2.36. The molecule has 4 aromatic rings. The third-order valence-electron chi connectivity index (χ3n) is 4.93. The summed E-state index contributed by atoms with van der Waals surface area (Å²) in [7, 11) is 0. The first kappa shape index (κ1) is 20.6. The molecule has 0 saturated heterocycles. The average Bonchev–Trinajstić information content (AvgIpc) is 3.40. The number of aliphatic hydroxyl groups excluding tert-OH is 1. The lowest BCUT2D eigenvalue weighted by Gasteiger charge is -2.16. The molecule has 30 heavy (non-hydrogen) atoms. The van der Waals surface area contributed by atoms with E-state index in [0.717, 1.165) is 50.3 Å². The maximum absolute atomic E-state index is 9.49. The molecule has 7 nitrogen and oxygen atoms in total. The molecule has 156 valence electrons. The van der Waals surface area contributed by atoms with Crippen molar-refractivity contribution in [2.45, 2.75) is 26.7 Å². The Kier molecular flexibility index (Phi) is 6.51. The van der Waals surface area contributed by atoms with Gasteiger partial charge >= 0.3 is 0 Å². The number of hydrogen-bond donors (Lipinski definition) is 3. The Hall–Kier alpha value is -2.62. The Bertz CT molecular complexity index is 1080. The smallest absolute Gasteiger partial charge is 0.231 e. The van der Waals surface area contributed by atoms with Crippen molar-refractivity contribution in [3.05, 3.63) is 41.5 Å². The second-order valence-corrected chi connectivity index (χ2v) is 8.90. The number of anilines is 3. The summed E-state index contributed by atoms with van der Waals surface area (Å²) in [6, 6.07) is 8.11. The zero-order valence-corrected chi connectivity index (χ0v) is 18.6. The minimum absolute atomic E-state index is 0.197. The van der Waals surface area contributed by atoms with Gasteiger partial charge in [-0.1, -0.05) is 25.5 Å². The molecule has 0 aliphatic heterocycles. The molecule has 0 saturated carbocycles. The predicted molar refractivity (Wildman–Crippen MR) is 125 cm³/mol. The number of aliphatic hydroxyl groups is 1. The van der Waals surface area contributed by atoms with E-state index in [0.29, 0.717) is 12.5 Å². The van der Waals surface area contributed by atoms with Crippen LogP contribution in [0.1, 0.15) is 25.5 Å². The number of hydrogen-bond acceptors (Lipinski definition) is 9. The number of nitrogens with one attached hydrogen (secondary N) is 2. The van der Waals surface area contributed by atoms with Crippen LogP contribution in [0.2, 0.25) is 0 Å². The van der Waals surface area contributed by atoms with Gasteiger partial charge in [0.2, 0.25) is 5.95 Å². The minimum Gasteiger partial charge on any atom is -0.396 e. The van der Waals surface area contributed by atoms with Crippen molar-refractivity contribution in [1.82, 2.24) is 19.9 Å². The van der Waals surface area contributed by atoms with Crippen LogP contribution in [0.25, 0.3) is 20.8 Å². The van der Waals surface area contributed by atoms with Crippen molar-refractivity contribution in [1.29, 1.82) is 0 Å². The van der Waals surface area contributed by atoms with Gasteiger partial charge in [-0.3, -0.25) is 5.32 Å². The molecule has 0 aliphatic carbocycles. The lowest BCUT2D eigenvalue weighted by atomic mass is 10.0. The van der Waals surface area contributed by atoms with E-state index in [9.17, 15) is 5.11 Å². The molecule has 0 spiro atoms. The van der Waals surface area contributed by atoms with E-state index >= 15 is 0 Å². The van der Waals surface area contributed by atoms with E-state index < -0.39 is 0 Å². The van der Waals surface area contributed by atoms with Gasteiger partial charge in [0.25, 0.3) is 0 Å². The molecule has 0 radical (unpaired) electrons. The third kappa shape index (κ3) is 4.58. The molecule has 0 aliphatic rings. The van der Waals surface area contributed by atoms with Crippen molar-refractivity contribution >= 4 is 49.8 Å². The molecule has 0 fully saturated rings. The Labute approximate surface area is 183 Å². The highest BCUT2D eigenvalue weighted by molar-refractivity contribution is 7.21. The number of para-hydroxylation sites is 1. The monoisotopic (exact) mass is 440 g/mol. The van der Waals surface area contributed by atoms with Crippen LogP contribution in [0.5, 0.6) is 0 Å². The zero-order chi connectivity index (χ0) is 20.9. The molecule has 0 amide bonds. The highest BCUT2D eigenvalue weighted by atomic mass is 32.1. The number of aromatic nitrogens is 4. The fourth-order valence-electron chi connectivity index (χ4n) is 3.19. The van der Waals surface area contributed by atoms with Gasteiger partial charge in [0, 0.05) is 24.7 Å². The number of benzene rings is 1. The van der Waals surface area contributed by atoms with Crippen molar-refractivity contribution in [2.75, 3.05) is 23.8 Å². The maximum Gasteiger partial charge on any atom is 0.231 e. The summed E-state index contributed by atoms with van der Waals surface area (Å²) in [6.07, 6.45) is 3.56. The van der Waals surface area contributed by atoms with E-state index in [2.05, 4.69) is 33.6 Å². The predicted octanol–water partition coefficient (Wildman–Crippen LogP) is 5.08. The normalized spacial score (nSPS) is 12.2. The average molecular weight is 441 g/mol. The molecular weight excluding hydrogens is 416 g/mol. The van der Waals surface area contributed by atoms with Crippen molar-refractivity contribution < 1.29 is 5.11 Å². The Morgan fingerprint density at radius 2 is 2.03 bits per heavy atom. The molecule has 0 bridgehead atoms. The Morgan fingerprint density at radius 3 is 2.77 bits per heavy atom. The summed E-state index contributed by atoms with van der Waals surface area (Å²) in [4.78, 5) is 18.5. The molecule has 9 heteroatoms. The van der Waals surface area contributed by atoms with E-state index in [-0.39, 0.29) is 12.5 Å². The molecule has 1 atom stereocenters. The number of thiazole rings is 2. The van der Waals surface area contributed by atoms with Crippen molar-refractivity contribution in [2.24, 2.45) is 5.92 Å². The zero-order valence-electron chi connectivity index (χ0n) is 16.9. The molecule has 3 heterocycles. The van der Waals surface area contributed by atoms with Gasteiger partial charge in [-0.15, -0.1) is 22.7 Å². The number of nitrogens with zero attached hydrogens (tertiary/aromatic N) is 4. The van der Waals surface area contributed by atoms with E-state index in [4.69, 9.17) is 9.97 Å². The van der Waals surface area contributed by atoms with Crippen LogP contribution < -0.4 is 10.6 Å². The summed E-state index contributed by atoms with van der Waals surface area (Å²) in [6.45, 7) is 4.98. The molecule has 1 aromatic carbocycles. The summed E-state index contributed by atoms with van der Waals surface area (Å²) < 4.78 is 1.13. The second-order valence-electron chi connectivity index (χ2n) is 6.98. The summed E-state index contributed by atoms with van der Waals surface area (Å²) in [5, 5.41) is 19.7. The fourth-order valence-corrected chi connectivity index (χ4v) is 4.78. The molecule has 1 unspecified atom stereocenters.